The predicted octanol–water partition coefficient (Wildman–Crippen LogP) is 0.857. The zero-order valence-corrected chi connectivity index (χ0v) is 11.3. The minimum Gasteiger partial charge on any atom is -0.480 e. The van der Waals surface area contributed by atoms with Crippen molar-refractivity contribution in [3.63, 3.8) is 0 Å². The molecule has 0 aliphatic carbocycles. The molecule has 0 heterocycles. The van der Waals surface area contributed by atoms with Crippen LogP contribution >= 0.6 is 11.6 Å². The Morgan fingerprint density at radius 1 is 1.58 bits per heavy atom. The number of nitrogens with one attached hydrogen (secondary N) is 1. The highest BCUT2D eigenvalue weighted by Gasteiger charge is 2.27. The van der Waals surface area contributed by atoms with Gasteiger partial charge in [0.2, 0.25) is 10.0 Å². The summed E-state index contributed by atoms with van der Waals surface area (Å²) in [5.41, 5.74) is 0. The van der Waals surface area contributed by atoms with Crippen molar-refractivity contribution in [2.45, 2.75) is 10.9 Å². The summed E-state index contributed by atoms with van der Waals surface area (Å²) in [5.74, 6) is -2.50. The lowest BCUT2D eigenvalue weighted by atomic mass is 10.3. The summed E-state index contributed by atoms with van der Waals surface area (Å²) in [5, 5.41) is 8.84. The van der Waals surface area contributed by atoms with Crippen LogP contribution in [-0.2, 0) is 19.6 Å². The smallest absolute Gasteiger partial charge is 0.324 e. The summed E-state index contributed by atoms with van der Waals surface area (Å²) in [4.78, 5) is 10.1. The zero-order chi connectivity index (χ0) is 14.6. The fraction of sp³-hybridized carbons (Fsp3) is 0.300. The lowest BCUT2D eigenvalue weighted by Gasteiger charge is -2.14. The highest BCUT2D eigenvalue weighted by molar-refractivity contribution is 7.89. The molecule has 6 nitrogen and oxygen atoms in total. The monoisotopic (exact) mass is 311 g/mol. The van der Waals surface area contributed by atoms with Crippen LogP contribution in [0.4, 0.5) is 4.39 Å². The molecule has 0 spiro atoms. The van der Waals surface area contributed by atoms with E-state index in [1.807, 2.05) is 4.72 Å². The van der Waals surface area contributed by atoms with Crippen LogP contribution in [0.25, 0.3) is 0 Å². The summed E-state index contributed by atoms with van der Waals surface area (Å²) in [7, 11) is -3.10. The molecular weight excluding hydrogens is 301 g/mol. The number of halogens is 2. The molecule has 1 aromatic rings. The second-order valence-electron chi connectivity index (χ2n) is 3.54. The Balaban J connectivity index is 3.06. The topological polar surface area (TPSA) is 92.7 Å². The number of rotatable bonds is 6. The molecule has 19 heavy (non-hydrogen) atoms. The third-order valence-corrected chi connectivity index (χ3v) is 3.85. The first kappa shape index (κ1) is 15.8. The van der Waals surface area contributed by atoms with Gasteiger partial charge in [-0.2, -0.15) is 4.72 Å². The van der Waals surface area contributed by atoms with Crippen LogP contribution in [0.5, 0.6) is 0 Å². The van der Waals surface area contributed by atoms with Gasteiger partial charge in [-0.15, -0.1) is 0 Å². The van der Waals surface area contributed by atoms with Crippen molar-refractivity contribution in [3.8, 4) is 0 Å². The van der Waals surface area contributed by atoms with Crippen LogP contribution in [-0.4, -0.2) is 39.3 Å². The van der Waals surface area contributed by atoms with Crippen molar-refractivity contribution >= 4 is 27.6 Å². The van der Waals surface area contributed by atoms with E-state index in [0.717, 1.165) is 12.1 Å². The number of aliphatic carboxylic acids is 1. The number of carbonyl (C=O) groups is 1. The van der Waals surface area contributed by atoms with Gasteiger partial charge < -0.3 is 9.84 Å². The number of benzene rings is 1. The number of ether oxygens (including phenoxy) is 1. The maximum absolute atomic E-state index is 13.5. The Morgan fingerprint density at radius 3 is 2.68 bits per heavy atom. The molecule has 0 bridgehead atoms. The largest absolute Gasteiger partial charge is 0.480 e. The average Bonchev–Trinajstić information content (AvgIpc) is 2.27. The minimum atomic E-state index is -4.32. The van der Waals surface area contributed by atoms with Crippen molar-refractivity contribution < 1.29 is 27.4 Å². The second kappa shape index (κ2) is 6.29. The van der Waals surface area contributed by atoms with Crippen molar-refractivity contribution in [2.24, 2.45) is 0 Å². The Bertz CT molecular complexity index is 577. The molecular formula is C10H11ClFNO5S. The van der Waals surface area contributed by atoms with E-state index >= 15 is 0 Å². The van der Waals surface area contributed by atoms with Gasteiger partial charge in [0, 0.05) is 12.1 Å². The van der Waals surface area contributed by atoms with E-state index in [0.29, 0.717) is 0 Å². The molecule has 1 rings (SSSR count). The van der Waals surface area contributed by atoms with Crippen LogP contribution in [0, 0.1) is 5.82 Å². The molecule has 0 saturated carbocycles. The molecule has 0 radical (unpaired) electrons. The van der Waals surface area contributed by atoms with Gasteiger partial charge >= 0.3 is 5.97 Å². The Kier molecular flexibility index (Phi) is 5.24. The van der Waals surface area contributed by atoms with E-state index in [4.69, 9.17) is 16.7 Å². The molecule has 0 saturated heterocycles. The van der Waals surface area contributed by atoms with Crippen LogP contribution < -0.4 is 4.72 Å². The van der Waals surface area contributed by atoms with Crippen LogP contribution in [0.2, 0.25) is 5.02 Å². The van der Waals surface area contributed by atoms with Crippen LogP contribution in [0.15, 0.2) is 23.1 Å². The maximum Gasteiger partial charge on any atom is 0.324 e. The predicted molar refractivity (Wildman–Crippen MR) is 65.0 cm³/mol. The second-order valence-corrected chi connectivity index (χ2v) is 5.66. The highest BCUT2D eigenvalue weighted by atomic mass is 35.5. The van der Waals surface area contributed by atoms with Gasteiger partial charge in [0.1, 0.15) is 16.8 Å². The first-order chi connectivity index (χ1) is 8.77. The third-order valence-electron chi connectivity index (χ3n) is 2.11. The summed E-state index contributed by atoms with van der Waals surface area (Å²) in [6.45, 7) is -0.385. The molecule has 1 atom stereocenters. The molecule has 2 N–H and O–H groups in total. The molecule has 9 heteroatoms. The molecule has 106 valence electrons. The highest BCUT2D eigenvalue weighted by Crippen LogP contribution is 2.19. The number of hydrogen-bond donors (Lipinski definition) is 2. The molecule has 0 aliphatic heterocycles. The fourth-order valence-electron chi connectivity index (χ4n) is 1.27. The van der Waals surface area contributed by atoms with Crippen molar-refractivity contribution in [3.05, 3.63) is 29.0 Å². The first-order valence-electron chi connectivity index (χ1n) is 4.97. The first-order valence-corrected chi connectivity index (χ1v) is 6.83. The van der Waals surface area contributed by atoms with Gasteiger partial charge in [-0.05, 0) is 18.2 Å². The summed E-state index contributed by atoms with van der Waals surface area (Å²) < 4.78 is 43.6. The zero-order valence-electron chi connectivity index (χ0n) is 9.76. The molecule has 0 fully saturated rings. The number of sulfonamides is 1. The lowest BCUT2D eigenvalue weighted by Crippen LogP contribution is -2.43. The normalized spacial score (nSPS) is 13.2. The Hall–Kier alpha value is -1.22. The van der Waals surface area contributed by atoms with Gasteiger partial charge in [0.25, 0.3) is 0 Å². The van der Waals surface area contributed by atoms with Gasteiger partial charge in [-0.1, -0.05) is 11.6 Å². The van der Waals surface area contributed by atoms with Gasteiger partial charge in [0.05, 0.1) is 6.61 Å². The van der Waals surface area contributed by atoms with Crippen LogP contribution in [0.1, 0.15) is 0 Å². The van der Waals surface area contributed by atoms with E-state index < -0.39 is 32.7 Å². The number of carboxylic acid groups (broad SMARTS) is 1. The Morgan fingerprint density at radius 2 is 2.21 bits per heavy atom. The lowest BCUT2D eigenvalue weighted by molar-refractivity contribution is -0.140. The van der Waals surface area contributed by atoms with Crippen molar-refractivity contribution in [1.82, 2.24) is 4.72 Å². The van der Waals surface area contributed by atoms with E-state index in [9.17, 15) is 17.6 Å². The number of methoxy groups -OCH3 is 1. The van der Waals surface area contributed by atoms with Gasteiger partial charge in [-0.25, -0.2) is 12.8 Å². The molecule has 0 aliphatic rings. The fourth-order valence-corrected chi connectivity index (χ4v) is 2.66. The van der Waals surface area contributed by atoms with Gasteiger partial charge in [-0.3, -0.25) is 4.79 Å². The SMILES string of the molecule is COCC(NS(=O)(=O)c1ccc(Cl)cc1F)C(=O)O. The molecule has 0 amide bonds. The van der Waals surface area contributed by atoms with Gasteiger partial charge in [0.15, 0.2) is 0 Å². The third kappa shape index (κ3) is 4.13. The van der Waals surface area contributed by atoms with E-state index in [1.54, 1.807) is 0 Å². The molecule has 1 aromatic carbocycles. The van der Waals surface area contributed by atoms with E-state index in [2.05, 4.69) is 4.74 Å². The van der Waals surface area contributed by atoms with E-state index in [1.165, 1.54) is 13.2 Å². The Labute approximate surface area is 114 Å². The standard InChI is InChI=1S/C10H11ClFNO5S/c1-18-5-8(10(14)15)13-19(16,17)9-3-2-6(11)4-7(9)12/h2-4,8,13H,5H2,1H3,(H,14,15). The van der Waals surface area contributed by atoms with E-state index in [-0.39, 0.29) is 11.6 Å². The van der Waals surface area contributed by atoms with Crippen molar-refractivity contribution in [2.75, 3.05) is 13.7 Å². The summed E-state index contributed by atoms with van der Waals surface area (Å²) in [6.07, 6.45) is 0. The van der Waals surface area contributed by atoms with Crippen LogP contribution in [0.3, 0.4) is 0 Å². The average molecular weight is 312 g/mol. The van der Waals surface area contributed by atoms with Crippen molar-refractivity contribution in [1.29, 1.82) is 0 Å². The maximum atomic E-state index is 13.5. The quantitative estimate of drug-likeness (QED) is 0.812. The summed E-state index contributed by atoms with van der Waals surface area (Å²) >= 11 is 5.50. The number of hydrogen-bond acceptors (Lipinski definition) is 4. The molecule has 1 unspecified atom stereocenters. The summed E-state index contributed by atoms with van der Waals surface area (Å²) in [6, 6.07) is 1.45. The minimum absolute atomic E-state index is 0.0307. The molecule has 0 aromatic heterocycles. The number of carboxylic acids is 1.